The molecule has 3 aliphatic rings. The average Bonchev–Trinajstić information content (AvgIpc) is 3.27. The largest absolute Gasteiger partial charge is 0.388 e. The Morgan fingerprint density at radius 2 is 1.79 bits per heavy atom. The highest BCUT2D eigenvalue weighted by Crippen LogP contribution is 2.61. The molecule has 3 heterocycles. The molecule has 1 aliphatic heterocycles. The second-order valence-electron chi connectivity index (χ2n) is 13.1. The molecule has 2 aliphatic carbocycles. The van der Waals surface area contributed by atoms with Gasteiger partial charge in [-0.2, -0.15) is 0 Å². The molecule has 5 heteroatoms. The van der Waals surface area contributed by atoms with Gasteiger partial charge < -0.3 is 9.84 Å². The van der Waals surface area contributed by atoms with Crippen LogP contribution < -0.4 is 0 Å². The van der Waals surface area contributed by atoms with E-state index in [1.165, 1.54) is 11.1 Å². The zero-order valence-electron chi connectivity index (χ0n) is 22.2. The fraction of sp³-hybridized carbons (Fsp3) is 0.690. The van der Waals surface area contributed by atoms with Crippen molar-refractivity contribution in [3.63, 3.8) is 0 Å². The van der Waals surface area contributed by atoms with Gasteiger partial charge in [-0.3, -0.25) is 4.98 Å². The molecule has 0 saturated heterocycles. The third kappa shape index (κ3) is 3.62. The summed E-state index contributed by atoms with van der Waals surface area (Å²) in [6, 6.07) is 0. The quantitative estimate of drug-likeness (QED) is 0.555. The molecule has 0 bridgehead atoms. The lowest BCUT2D eigenvalue weighted by atomic mass is 9.69. The lowest BCUT2D eigenvalue weighted by molar-refractivity contribution is -0.0844. The smallest absolute Gasteiger partial charge is 0.133 e. The van der Waals surface area contributed by atoms with Crippen molar-refractivity contribution < 1.29 is 9.84 Å². The second kappa shape index (κ2) is 7.83. The summed E-state index contributed by atoms with van der Waals surface area (Å²) in [4.78, 5) is 14.7. The van der Waals surface area contributed by atoms with Crippen molar-refractivity contribution in [1.29, 1.82) is 0 Å². The highest BCUT2D eigenvalue weighted by molar-refractivity contribution is 5.54. The number of hydrogen-bond acceptors (Lipinski definition) is 5. The number of ether oxygens (including phenoxy) is 1. The molecular formula is C29H41N3O2. The topological polar surface area (TPSA) is 68.1 Å². The first-order valence-electron chi connectivity index (χ1n) is 13.1. The van der Waals surface area contributed by atoms with Crippen LogP contribution in [0.3, 0.4) is 0 Å². The van der Waals surface area contributed by atoms with Crippen LogP contribution >= 0.6 is 0 Å². The summed E-state index contributed by atoms with van der Waals surface area (Å²) < 4.78 is 7.13. The molecule has 34 heavy (non-hydrogen) atoms. The van der Waals surface area contributed by atoms with Gasteiger partial charge in [-0.05, 0) is 54.9 Å². The van der Waals surface area contributed by atoms with Gasteiger partial charge in [0.1, 0.15) is 11.9 Å². The molecule has 2 aromatic rings. The predicted molar refractivity (Wildman–Crippen MR) is 134 cm³/mol. The Labute approximate surface area is 204 Å². The Bertz CT molecular complexity index is 1100. The van der Waals surface area contributed by atoms with Crippen molar-refractivity contribution >= 4 is 0 Å². The third-order valence-electron chi connectivity index (χ3n) is 8.29. The highest BCUT2D eigenvalue weighted by Gasteiger charge is 2.55. The molecule has 0 amide bonds. The van der Waals surface area contributed by atoms with Gasteiger partial charge in [-0.1, -0.05) is 55.4 Å². The molecular weight excluding hydrogens is 422 g/mol. The van der Waals surface area contributed by atoms with Crippen LogP contribution in [0.4, 0.5) is 0 Å². The molecule has 184 valence electrons. The van der Waals surface area contributed by atoms with E-state index in [1.54, 1.807) is 0 Å². The number of aliphatic hydroxyl groups is 1. The predicted octanol–water partition coefficient (Wildman–Crippen LogP) is 6.43. The Balaban J connectivity index is 1.76. The maximum absolute atomic E-state index is 11.5. The zero-order valence-corrected chi connectivity index (χ0v) is 22.2. The van der Waals surface area contributed by atoms with Gasteiger partial charge in [-0.15, -0.1) is 0 Å². The molecule has 1 spiro atoms. The number of aliphatic hydroxyl groups excluding tert-OH is 1. The van der Waals surface area contributed by atoms with Crippen LogP contribution in [0.15, 0.2) is 12.4 Å². The van der Waals surface area contributed by atoms with Crippen LogP contribution in [0, 0.1) is 11.3 Å². The van der Waals surface area contributed by atoms with Gasteiger partial charge in [0.2, 0.25) is 0 Å². The molecule has 1 saturated carbocycles. The molecule has 1 fully saturated rings. The lowest BCUT2D eigenvalue weighted by Crippen LogP contribution is -2.34. The summed E-state index contributed by atoms with van der Waals surface area (Å²) in [7, 11) is 0. The summed E-state index contributed by atoms with van der Waals surface area (Å²) in [6.45, 7) is 17.6. The molecule has 5 rings (SSSR count). The van der Waals surface area contributed by atoms with E-state index in [0.717, 1.165) is 60.4 Å². The van der Waals surface area contributed by atoms with E-state index in [1.807, 2.05) is 12.4 Å². The number of hydrogen-bond donors (Lipinski definition) is 1. The van der Waals surface area contributed by atoms with Gasteiger partial charge in [0.15, 0.2) is 0 Å². The number of aromatic nitrogens is 3. The Morgan fingerprint density at radius 1 is 1.12 bits per heavy atom. The number of pyridine rings is 1. The van der Waals surface area contributed by atoms with E-state index >= 15 is 0 Å². The SMILES string of the molecule is CC(C)c1nc2c(c3c1C(c1cnc(C(C)(C)C)nc1)OC31CCCC1C)C(O)CC(C)(C)C2. The van der Waals surface area contributed by atoms with Crippen LogP contribution in [-0.2, 0) is 22.2 Å². The number of nitrogens with zero attached hydrogens (tertiary/aromatic N) is 3. The van der Waals surface area contributed by atoms with Gasteiger partial charge >= 0.3 is 0 Å². The molecule has 0 aromatic carbocycles. The van der Waals surface area contributed by atoms with E-state index in [0.29, 0.717) is 5.92 Å². The van der Waals surface area contributed by atoms with Crippen molar-refractivity contribution in [1.82, 2.24) is 15.0 Å². The van der Waals surface area contributed by atoms with E-state index in [4.69, 9.17) is 19.7 Å². The summed E-state index contributed by atoms with van der Waals surface area (Å²) in [5, 5.41) is 11.5. The molecule has 5 nitrogen and oxygen atoms in total. The molecule has 1 N–H and O–H groups in total. The summed E-state index contributed by atoms with van der Waals surface area (Å²) in [5.41, 5.74) is 6.21. The molecule has 2 aromatic heterocycles. The Kier molecular flexibility index (Phi) is 5.49. The minimum absolute atomic E-state index is 0.0336. The molecule has 4 unspecified atom stereocenters. The second-order valence-corrected chi connectivity index (χ2v) is 13.1. The Hall–Kier alpha value is -1.85. The van der Waals surface area contributed by atoms with Gasteiger partial charge in [0, 0.05) is 45.9 Å². The standard InChI is InChI=1S/C29H41N3O2/c1-16(2)24-22-23(21-19(32-24)12-28(7,8)13-20(21)33)29(11-9-10-17(29)3)34-25(22)18-14-30-26(31-15-18)27(4,5)6/h14-17,20,25,33H,9-13H2,1-8H3. The fourth-order valence-electron chi connectivity index (χ4n) is 6.61. The lowest BCUT2D eigenvalue weighted by Gasteiger charge is -2.39. The zero-order chi connectivity index (χ0) is 24.6. The van der Waals surface area contributed by atoms with Crippen molar-refractivity contribution in [3.05, 3.63) is 51.9 Å². The van der Waals surface area contributed by atoms with E-state index in [2.05, 4.69) is 55.4 Å². The van der Waals surface area contributed by atoms with Crippen LogP contribution in [-0.4, -0.2) is 20.1 Å². The summed E-state index contributed by atoms with van der Waals surface area (Å²) in [5.74, 6) is 1.48. The van der Waals surface area contributed by atoms with Crippen LogP contribution in [0.1, 0.15) is 139 Å². The minimum atomic E-state index is -0.507. The van der Waals surface area contributed by atoms with Crippen LogP contribution in [0.2, 0.25) is 0 Å². The van der Waals surface area contributed by atoms with Gasteiger partial charge in [0.25, 0.3) is 0 Å². The van der Waals surface area contributed by atoms with E-state index in [-0.39, 0.29) is 28.5 Å². The summed E-state index contributed by atoms with van der Waals surface area (Å²) in [6.07, 6.45) is 8.06. The Morgan fingerprint density at radius 3 is 2.35 bits per heavy atom. The fourth-order valence-corrected chi connectivity index (χ4v) is 6.61. The summed E-state index contributed by atoms with van der Waals surface area (Å²) >= 11 is 0. The molecule has 4 atom stereocenters. The van der Waals surface area contributed by atoms with Crippen molar-refractivity contribution in [2.45, 2.75) is 117 Å². The first kappa shape index (κ1) is 23.9. The first-order valence-corrected chi connectivity index (χ1v) is 13.1. The monoisotopic (exact) mass is 463 g/mol. The van der Waals surface area contributed by atoms with Crippen molar-refractivity contribution in [3.8, 4) is 0 Å². The highest BCUT2D eigenvalue weighted by atomic mass is 16.5. The van der Waals surface area contributed by atoms with Gasteiger partial charge in [-0.25, -0.2) is 9.97 Å². The van der Waals surface area contributed by atoms with Gasteiger partial charge in [0.05, 0.1) is 11.7 Å². The van der Waals surface area contributed by atoms with Crippen molar-refractivity contribution in [2.24, 2.45) is 11.3 Å². The van der Waals surface area contributed by atoms with E-state index < -0.39 is 6.10 Å². The van der Waals surface area contributed by atoms with Crippen LogP contribution in [0.25, 0.3) is 0 Å². The first-order chi connectivity index (χ1) is 15.8. The van der Waals surface area contributed by atoms with Crippen molar-refractivity contribution in [2.75, 3.05) is 0 Å². The maximum atomic E-state index is 11.5. The number of fused-ring (bicyclic) bond motifs is 4. The van der Waals surface area contributed by atoms with Crippen LogP contribution in [0.5, 0.6) is 0 Å². The number of rotatable bonds is 2. The molecule has 0 radical (unpaired) electrons. The van der Waals surface area contributed by atoms with E-state index in [9.17, 15) is 5.11 Å². The normalized spacial score (nSPS) is 30.1. The maximum Gasteiger partial charge on any atom is 0.133 e. The minimum Gasteiger partial charge on any atom is -0.388 e. The third-order valence-corrected chi connectivity index (χ3v) is 8.29. The average molecular weight is 464 g/mol.